The number of aliphatic hydroxyl groups is 1. The summed E-state index contributed by atoms with van der Waals surface area (Å²) in [5, 5.41) is 9.50. The highest BCUT2D eigenvalue weighted by Crippen LogP contribution is 2.35. The number of anilines is 3. The molecule has 0 saturated heterocycles. The first-order valence-corrected chi connectivity index (χ1v) is 7.18. The molecule has 152 valence electrons. The van der Waals surface area contributed by atoms with Crippen molar-refractivity contribution in [2.45, 2.75) is 11.9 Å². The first-order chi connectivity index (χ1) is 12.2. The molecule has 13 heteroatoms. The maximum absolute atomic E-state index is 9.50. The fraction of sp³-hybridized carbons (Fsp3) is 0.769. The normalized spacial score (nSPS) is 12.0. The van der Waals surface area contributed by atoms with Crippen LogP contribution in [0.15, 0.2) is 0 Å². The first kappa shape index (κ1) is 24.1. The van der Waals surface area contributed by atoms with E-state index in [0.717, 1.165) is 0 Å². The summed E-state index contributed by atoms with van der Waals surface area (Å²) in [7, 11) is 8.26. The van der Waals surface area contributed by atoms with Crippen molar-refractivity contribution in [3.63, 3.8) is 0 Å². The van der Waals surface area contributed by atoms with Gasteiger partial charge in [0.25, 0.3) is 11.9 Å². The van der Waals surface area contributed by atoms with E-state index in [-0.39, 0.29) is 17.8 Å². The molecule has 1 aromatic rings. The smallest absolute Gasteiger partial charge is 0.295 e. The van der Waals surface area contributed by atoms with Crippen molar-refractivity contribution in [3.05, 3.63) is 0 Å². The van der Waals surface area contributed by atoms with Crippen LogP contribution in [0.1, 0.15) is 0 Å². The molecule has 26 heavy (non-hydrogen) atoms. The number of nitrogen functional groups attached to an aromatic ring is 3. The minimum atomic E-state index is -1.54. The third kappa shape index (κ3) is 5.57. The van der Waals surface area contributed by atoms with E-state index in [1.54, 1.807) is 0 Å². The summed E-state index contributed by atoms with van der Waals surface area (Å²) in [6.45, 7) is -0.398. The maximum Gasteiger partial charge on any atom is 0.295 e. The van der Waals surface area contributed by atoms with Gasteiger partial charge in [0.2, 0.25) is 17.8 Å². The van der Waals surface area contributed by atoms with Crippen LogP contribution in [0.2, 0.25) is 0 Å². The van der Waals surface area contributed by atoms with Crippen LogP contribution < -0.4 is 17.2 Å². The maximum atomic E-state index is 9.50. The lowest BCUT2D eigenvalue weighted by Crippen LogP contribution is -2.59. The van der Waals surface area contributed by atoms with Gasteiger partial charge in [-0.3, -0.25) is 0 Å². The average Bonchev–Trinajstić information content (AvgIpc) is 2.62. The van der Waals surface area contributed by atoms with Gasteiger partial charge in [-0.1, -0.05) is 0 Å². The monoisotopic (exact) mass is 380 g/mol. The highest BCUT2D eigenvalue weighted by atomic mass is 16.9. The van der Waals surface area contributed by atoms with Crippen molar-refractivity contribution in [2.24, 2.45) is 5.92 Å². The summed E-state index contributed by atoms with van der Waals surface area (Å²) in [5.41, 5.74) is 15.4. The van der Waals surface area contributed by atoms with E-state index in [2.05, 4.69) is 15.0 Å². The Morgan fingerprint density at radius 1 is 0.692 bits per heavy atom. The number of rotatable bonds is 9. The second-order valence-electron chi connectivity index (χ2n) is 4.58. The molecule has 0 amide bonds. The minimum Gasteiger partial charge on any atom is -0.395 e. The fourth-order valence-electron chi connectivity index (χ4n) is 2.22. The van der Waals surface area contributed by atoms with Crippen molar-refractivity contribution in [3.8, 4) is 0 Å². The molecule has 0 unspecified atom stereocenters. The Morgan fingerprint density at radius 2 is 0.923 bits per heavy atom. The van der Waals surface area contributed by atoms with Gasteiger partial charge in [0, 0.05) is 42.7 Å². The SMILES string of the molecule is COC(OC)(OC)C(CO)C(OC)(OC)OC.Nc1nc(N)nc(N)n1. The van der Waals surface area contributed by atoms with E-state index in [9.17, 15) is 5.11 Å². The Balaban J connectivity index is 0.000000577. The zero-order valence-electron chi connectivity index (χ0n) is 15.8. The minimum absolute atomic E-state index is 0.0417. The van der Waals surface area contributed by atoms with Crippen LogP contribution in [0.4, 0.5) is 17.8 Å². The van der Waals surface area contributed by atoms with E-state index in [1.165, 1.54) is 42.7 Å². The molecule has 0 bridgehead atoms. The molecular weight excluding hydrogens is 352 g/mol. The summed E-state index contributed by atoms with van der Waals surface area (Å²) in [6.07, 6.45) is 0. The summed E-state index contributed by atoms with van der Waals surface area (Å²) < 4.78 is 30.9. The van der Waals surface area contributed by atoms with Crippen LogP contribution in [0.5, 0.6) is 0 Å². The number of hydrogen-bond acceptors (Lipinski definition) is 13. The number of nitrogens with zero attached hydrogens (tertiary/aromatic N) is 3. The van der Waals surface area contributed by atoms with Crippen molar-refractivity contribution in [1.29, 1.82) is 0 Å². The van der Waals surface area contributed by atoms with Gasteiger partial charge in [-0.15, -0.1) is 0 Å². The molecular formula is C13H28N6O7. The molecule has 0 aliphatic heterocycles. The zero-order chi connectivity index (χ0) is 20.4. The largest absolute Gasteiger partial charge is 0.395 e. The third-order valence-corrected chi connectivity index (χ3v) is 3.43. The summed E-state index contributed by atoms with van der Waals surface area (Å²) in [6, 6.07) is 0. The summed E-state index contributed by atoms with van der Waals surface area (Å²) in [4.78, 5) is 10.5. The lowest BCUT2D eigenvalue weighted by molar-refractivity contribution is -0.471. The number of aromatic nitrogens is 3. The predicted octanol–water partition coefficient (Wildman–Crippen LogP) is -1.60. The van der Waals surface area contributed by atoms with Crippen LogP contribution >= 0.6 is 0 Å². The molecule has 0 fully saturated rings. The number of methoxy groups -OCH3 is 6. The van der Waals surface area contributed by atoms with Gasteiger partial charge < -0.3 is 50.7 Å². The number of hydrogen-bond donors (Lipinski definition) is 4. The van der Waals surface area contributed by atoms with Gasteiger partial charge in [-0.25, -0.2) is 0 Å². The van der Waals surface area contributed by atoms with Gasteiger partial charge in [0.05, 0.1) is 6.61 Å². The molecule has 0 spiro atoms. The second kappa shape index (κ2) is 11.0. The van der Waals surface area contributed by atoms with E-state index in [4.69, 9.17) is 45.6 Å². The van der Waals surface area contributed by atoms with Crippen molar-refractivity contribution < 1.29 is 33.5 Å². The zero-order valence-corrected chi connectivity index (χ0v) is 15.8. The van der Waals surface area contributed by atoms with Crippen LogP contribution in [0, 0.1) is 5.92 Å². The molecule has 0 atom stereocenters. The molecule has 1 rings (SSSR count). The van der Waals surface area contributed by atoms with Crippen LogP contribution in [-0.4, -0.2) is 81.3 Å². The lowest BCUT2D eigenvalue weighted by atomic mass is 10.0. The quantitative estimate of drug-likeness (QED) is 0.358. The standard InChI is InChI=1S/C10H22O7.C3H6N6/c1-12-9(13-2,14-3)8(7-11)10(15-4,16-5)17-6;4-1-7-2(5)9-3(6)8-1/h8,11H,7H2,1-6H3;(H6,4,5,6,7,8,9). The van der Waals surface area contributed by atoms with E-state index in [1.807, 2.05) is 0 Å². The first-order valence-electron chi connectivity index (χ1n) is 7.18. The van der Waals surface area contributed by atoms with Gasteiger partial charge in [0.15, 0.2) is 0 Å². The van der Waals surface area contributed by atoms with Gasteiger partial charge in [0.1, 0.15) is 5.92 Å². The van der Waals surface area contributed by atoms with Crippen molar-refractivity contribution in [2.75, 3.05) is 66.5 Å². The molecule has 0 saturated carbocycles. The second-order valence-corrected chi connectivity index (χ2v) is 4.58. The van der Waals surface area contributed by atoms with Crippen molar-refractivity contribution in [1.82, 2.24) is 15.0 Å². The summed E-state index contributed by atoms with van der Waals surface area (Å²) >= 11 is 0. The number of ether oxygens (including phenoxy) is 6. The molecule has 0 aromatic carbocycles. The Morgan fingerprint density at radius 3 is 1.08 bits per heavy atom. The Kier molecular flexibility index (Phi) is 10.2. The topological polar surface area (TPSA) is 192 Å². The molecule has 1 heterocycles. The van der Waals surface area contributed by atoms with E-state index in [0.29, 0.717) is 0 Å². The van der Waals surface area contributed by atoms with Gasteiger partial charge in [-0.05, 0) is 0 Å². The lowest BCUT2D eigenvalue weighted by Gasteiger charge is -2.43. The highest BCUT2D eigenvalue weighted by molar-refractivity contribution is 5.33. The van der Waals surface area contributed by atoms with Crippen LogP contribution in [-0.2, 0) is 28.4 Å². The van der Waals surface area contributed by atoms with Crippen molar-refractivity contribution >= 4 is 17.8 Å². The Hall–Kier alpha value is -1.87. The highest BCUT2D eigenvalue weighted by Gasteiger charge is 2.55. The number of nitrogens with two attached hydrogens (primary N) is 3. The predicted molar refractivity (Wildman–Crippen MR) is 91.2 cm³/mol. The molecule has 13 nitrogen and oxygen atoms in total. The van der Waals surface area contributed by atoms with E-state index < -0.39 is 24.5 Å². The van der Waals surface area contributed by atoms with Crippen LogP contribution in [0.3, 0.4) is 0 Å². The van der Waals surface area contributed by atoms with Crippen LogP contribution in [0.25, 0.3) is 0 Å². The van der Waals surface area contributed by atoms with Gasteiger partial charge >= 0.3 is 0 Å². The molecule has 0 aliphatic carbocycles. The average molecular weight is 380 g/mol. The Bertz CT molecular complexity index is 441. The third-order valence-electron chi connectivity index (χ3n) is 3.43. The number of aliphatic hydroxyl groups excluding tert-OH is 1. The fourth-order valence-corrected chi connectivity index (χ4v) is 2.22. The Labute approximate surface area is 151 Å². The van der Waals surface area contributed by atoms with Gasteiger partial charge in [-0.2, -0.15) is 15.0 Å². The van der Waals surface area contributed by atoms with E-state index >= 15 is 0 Å². The molecule has 1 aromatic heterocycles. The molecule has 0 aliphatic rings. The summed E-state index contributed by atoms with van der Waals surface area (Å²) in [5.74, 6) is -3.84. The molecule has 7 N–H and O–H groups in total. The molecule has 0 radical (unpaired) electrons.